The van der Waals surface area contributed by atoms with Gasteiger partial charge < -0.3 is 1.43 Å². The quantitative estimate of drug-likeness (QED) is 0.258. The predicted octanol–water partition coefficient (Wildman–Crippen LogP) is -4.19. The van der Waals surface area contributed by atoms with Gasteiger partial charge in [-0.3, -0.25) is 18.2 Å². The van der Waals surface area contributed by atoms with Gasteiger partial charge in [-0.05, 0) is 0 Å². The average Bonchev–Trinajstić information content (AvgIpc) is 1.12. The monoisotopic (exact) mass is 283 g/mol. The molecule has 0 aliphatic rings. The molecule has 4 N–H and O–H groups in total. The molecule has 0 saturated heterocycles. The van der Waals surface area contributed by atoms with E-state index in [1.165, 1.54) is 0 Å². The Morgan fingerprint density at radius 2 is 0.750 bits per heavy atom. The molecule has 0 aromatic carbocycles. The van der Waals surface area contributed by atoms with E-state index in [4.69, 9.17) is 35.0 Å². The Labute approximate surface area is 103 Å². The molecule has 0 rings (SSSR count). The van der Waals surface area contributed by atoms with E-state index in [0.29, 0.717) is 0 Å². The first-order valence-electron chi connectivity index (χ1n) is 1.40. The van der Waals surface area contributed by atoms with Crippen LogP contribution >= 0.6 is 0 Å². The second-order valence-corrected chi connectivity index (χ2v) is 2.69. The topological polar surface area (TPSA) is 149 Å². The molecule has 0 aliphatic carbocycles. The molecule has 0 amide bonds. The summed E-state index contributed by atoms with van der Waals surface area (Å²) in [7, 11) is -9.33. The van der Waals surface area contributed by atoms with Crippen molar-refractivity contribution in [3.05, 3.63) is 0 Å². The van der Waals surface area contributed by atoms with Gasteiger partial charge in [0.25, 0.3) is 0 Å². The first-order valence-corrected chi connectivity index (χ1v) is 4.19. The van der Waals surface area contributed by atoms with E-state index >= 15 is 0 Å². The Hall–Kier alpha value is 1.26. The molecule has 0 atom stereocenters. The Kier molecular flexibility index (Phi) is 17.1. The van der Waals surface area contributed by atoms with Crippen molar-refractivity contribution in [1.29, 1.82) is 0 Å². The summed E-state index contributed by atoms with van der Waals surface area (Å²) < 4.78 is 63.2. The summed E-state index contributed by atoms with van der Waals surface area (Å²) in [4.78, 5) is 0. The molecule has 0 unspecified atom stereocenters. The number of rotatable bonds is 0. The fraction of sp³-hybridized carbons (Fsp3) is 0. The molecule has 12 heteroatoms. The van der Waals surface area contributed by atoms with Crippen molar-refractivity contribution >= 4 is 20.8 Å². The molecular weight excluding hydrogens is 279 g/mol. The third-order valence-corrected chi connectivity index (χ3v) is 0. The smallest absolute Gasteiger partial charge is 1.00 e. The second kappa shape index (κ2) is 8.84. The minimum absolute atomic E-state index is 0. The zero-order valence-electron chi connectivity index (χ0n) is 6.54. The largest absolute Gasteiger partial charge is 1.00 e. The van der Waals surface area contributed by atoms with Gasteiger partial charge in [0.05, 0.1) is 0 Å². The third-order valence-electron chi connectivity index (χ3n) is 0. The zero-order valence-corrected chi connectivity index (χ0v) is 10.1. The van der Waals surface area contributed by atoms with Crippen LogP contribution in [-0.2, 0) is 37.9 Å². The molecule has 0 bridgehead atoms. The van der Waals surface area contributed by atoms with Crippen molar-refractivity contribution in [3.63, 3.8) is 0 Å². The second-order valence-electron chi connectivity index (χ2n) is 0.896. The van der Waals surface area contributed by atoms with Gasteiger partial charge in [0.15, 0.2) is 0 Å². The van der Waals surface area contributed by atoms with Crippen LogP contribution in [0.5, 0.6) is 0 Å². The van der Waals surface area contributed by atoms with Gasteiger partial charge in [-0.1, -0.05) is 0 Å². The van der Waals surface area contributed by atoms with E-state index in [9.17, 15) is 0 Å². The molecule has 0 saturated carbocycles. The minimum Gasteiger partial charge on any atom is -1.00 e. The maximum Gasteiger partial charge on any atom is 1.00 e. The van der Waals surface area contributed by atoms with Crippen LogP contribution in [0.25, 0.3) is 0 Å². The molecule has 77 valence electrons. The Bertz CT molecular complexity index is 219. The van der Waals surface area contributed by atoms with Gasteiger partial charge in [-0.25, -0.2) is 0 Å². The third kappa shape index (κ3) is 747. The predicted molar refractivity (Wildman–Crippen MR) is 29.5 cm³/mol. The Morgan fingerprint density at radius 3 is 0.750 bits per heavy atom. The average molecular weight is 284 g/mol. The van der Waals surface area contributed by atoms with E-state index in [1.807, 2.05) is 0 Å². The van der Waals surface area contributed by atoms with E-state index in [0.717, 1.165) is 0 Å². The summed E-state index contributed by atoms with van der Waals surface area (Å²) in [5.41, 5.74) is 0. The van der Waals surface area contributed by atoms with Crippen LogP contribution in [0.3, 0.4) is 0 Å². The molecule has 8 nitrogen and oxygen atoms in total. The SMILES string of the molecule is O=S(=O)(O)O.O=S(=O)(O)O.[Cu].[H-].[Na+]. The fourth-order valence-corrected chi connectivity index (χ4v) is 0. The molecular formula is H5CuNaO8S2. The fourth-order valence-electron chi connectivity index (χ4n) is 0. The maximum absolute atomic E-state index is 8.74. The van der Waals surface area contributed by atoms with Gasteiger partial charge in [0.1, 0.15) is 0 Å². The Morgan fingerprint density at radius 1 is 0.750 bits per heavy atom. The van der Waals surface area contributed by atoms with Crippen molar-refractivity contribution in [2.45, 2.75) is 0 Å². The van der Waals surface area contributed by atoms with E-state index in [1.54, 1.807) is 0 Å². The summed E-state index contributed by atoms with van der Waals surface area (Å²) in [5.74, 6) is 0. The van der Waals surface area contributed by atoms with Crippen LogP contribution in [0.2, 0.25) is 0 Å². The van der Waals surface area contributed by atoms with Crippen molar-refractivity contribution in [2.75, 3.05) is 0 Å². The molecule has 0 aromatic rings. The summed E-state index contributed by atoms with van der Waals surface area (Å²) in [5, 5.41) is 0. The number of hydrogen-bond donors (Lipinski definition) is 4. The van der Waals surface area contributed by atoms with E-state index in [-0.39, 0.29) is 48.1 Å². The van der Waals surface area contributed by atoms with Crippen LogP contribution in [0.15, 0.2) is 0 Å². The molecule has 0 spiro atoms. The normalized spacial score (nSPS) is 9.67. The van der Waals surface area contributed by atoms with E-state index < -0.39 is 20.8 Å². The first kappa shape index (κ1) is 23.2. The van der Waals surface area contributed by atoms with Crippen molar-refractivity contribution in [2.24, 2.45) is 0 Å². The maximum atomic E-state index is 8.74. The van der Waals surface area contributed by atoms with Crippen molar-refractivity contribution < 1.29 is 83.1 Å². The summed E-state index contributed by atoms with van der Waals surface area (Å²) >= 11 is 0. The molecule has 0 aliphatic heterocycles. The van der Waals surface area contributed by atoms with Crippen LogP contribution in [0.1, 0.15) is 1.43 Å². The molecule has 12 heavy (non-hydrogen) atoms. The Balaban J connectivity index is -0.0000000267. The molecule has 0 fully saturated rings. The van der Waals surface area contributed by atoms with Gasteiger partial charge in [-0.2, -0.15) is 16.8 Å². The summed E-state index contributed by atoms with van der Waals surface area (Å²) in [6.07, 6.45) is 0. The van der Waals surface area contributed by atoms with Gasteiger partial charge in [0.2, 0.25) is 0 Å². The van der Waals surface area contributed by atoms with Gasteiger partial charge in [0, 0.05) is 17.1 Å². The van der Waals surface area contributed by atoms with Crippen molar-refractivity contribution in [3.8, 4) is 0 Å². The minimum atomic E-state index is -4.67. The molecule has 0 heterocycles. The van der Waals surface area contributed by atoms with Crippen LogP contribution < -0.4 is 29.6 Å². The standard InChI is InChI=1S/Cu.Na.2H2O4S.H/c;;2*1-5(2,3)4;/h;;2*(H2,1,2,3,4);/q;+1;;;-1. The first-order chi connectivity index (χ1) is 4.00. The van der Waals surface area contributed by atoms with Gasteiger partial charge >= 0.3 is 50.4 Å². The summed E-state index contributed by atoms with van der Waals surface area (Å²) in [6.45, 7) is 0. The zero-order chi connectivity index (χ0) is 9.00. The van der Waals surface area contributed by atoms with E-state index in [2.05, 4.69) is 0 Å². The molecule has 0 aromatic heterocycles. The van der Waals surface area contributed by atoms with Crippen molar-refractivity contribution in [1.82, 2.24) is 0 Å². The molecule has 1 radical (unpaired) electrons. The number of hydrogen-bond acceptors (Lipinski definition) is 4. The van der Waals surface area contributed by atoms with Crippen LogP contribution in [0, 0.1) is 0 Å². The van der Waals surface area contributed by atoms with Gasteiger partial charge in [-0.15, -0.1) is 0 Å². The van der Waals surface area contributed by atoms with Crippen LogP contribution in [0.4, 0.5) is 0 Å². The summed E-state index contributed by atoms with van der Waals surface area (Å²) in [6, 6.07) is 0. The van der Waals surface area contributed by atoms with Crippen LogP contribution in [-0.4, -0.2) is 35.0 Å².